The van der Waals surface area contributed by atoms with Crippen molar-refractivity contribution in [2.75, 3.05) is 5.32 Å². The number of carbonyl (C=O) groups is 1. The molecule has 0 aliphatic heterocycles. The molecule has 0 saturated heterocycles. The highest BCUT2D eigenvalue weighted by atomic mass is 35.5. The van der Waals surface area contributed by atoms with Gasteiger partial charge in [0.2, 0.25) is 5.91 Å². The van der Waals surface area contributed by atoms with E-state index in [1.165, 1.54) is 0 Å². The molecule has 1 unspecified atom stereocenters. The standard InChI is InChI=1S/C15H13Cl2NOS/c1-14(9-15(14,16)17)13(19)18-11-6-3-2-5-10(11)12-7-4-8-20-12/h2-8H,9H2,1H3,(H,18,19). The van der Waals surface area contributed by atoms with E-state index in [0.717, 1.165) is 16.1 Å². The third kappa shape index (κ3) is 2.24. The molecule has 1 aromatic carbocycles. The lowest BCUT2D eigenvalue weighted by atomic mass is 10.1. The Morgan fingerprint density at radius 2 is 1.95 bits per heavy atom. The summed E-state index contributed by atoms with van der Waals surface area (Å²) in [6, 6.07) is 11.8. The van der Waals surface area contributed by atoms with Crippen molar-refractivity contribution in [3.63, 3.8) is 0 Å². The van der Waals surface area contributed by atoms with Gasteiger partial charge in [0.1, 0.15) is 4.33 Å². The summed E-state index contributed by atoms with van der Waals surface area (Å²) in [7, 11) is 0. The second-order valence-electron chi connectivity index (χ2n) is 5.19. The molecule has 3 rings (SSSR count). The number of hydrogen-bond donors (Lipinski definition) is 1. The maximum absolute atomic E-state index is 12.4. The number of nitrogens with one attached hydrogen (secondary N) is 1. The number of hydrogen-bond acceptors (Lipinski definition) is 2. The topological polar surface area (TPSA) is 29.1 Å². The minimum Gasteiger partial charge on any atom is -0.325 e. The van der Waals surface area contributed by atoms with Gasteiger partial charge in [0.15, 0.2) is 0 Å². The summed E-state index contributed by atoms with van der Waals surface area (Å²) < 4.78 is -0.949. The highest BCUT2D eigenvalue weighted by Gasteiger charge is 2.67. The predicted molar refractivity (Wildman–Crippen MR) is 85.5 cm³/mol. The van der Waals surface area contributed by atoms with E-state index in [9.17, 15) is 4.79 Å². The van der Waals surface area contributed by atoms with Gasteiger partial charge in [-0.05, 0) is 30.9 Å². The van der Waals surface area contributed by atoms with Gasteiger partial charge >= 0.3 is 0 Å². The molecule has 1 aliphatic carbocycles. The Balaban J connectivity index is 1.88. The van der Waals surface area contributed by atoms with E-state index in [1.807, 2.05) is 41.8 Å². The zero-order valence-electron chi connectivity index (χ0n) is 10.8. The summed E-state index contributed by atoms with van der Waals surface area (Å²) in [4.78, 5) is 13.5. The molecule has 1 heterocycles. The fourth-order valence-electron chi connectivity index (χ4n) is 2.15. The van der Waals surface area contributed by atoms with Gasteiger partial charge < -0.3 is 5.32 Å². The number of anilines is 1. The van der Waals surface area contributed by atoms with E-state index in [1.54, 1.807) is 18.3 Å². The Hall–Kier alpha value is -1.03. The predicted octanol–water partition coefficient (Wildman–Crippen LogP) is 4.94. The van der Waals surface area contributed by atoms with E-state index < -0.39 is 9.75 Å². The van der Waals surface area contributed by atoms with Crippen molar-refractivity contribution in [1.29, 1.82) is 0 Å². The zero-order valence-corrected chi connectivity index (χ0v) is 13.1. The van der Waals surface area contributed by atoms with Crippen LogP contribution >= 0.6 is 34.5 Å². The van der Waals surface area contributed by atoms with Gasteiger partial charge in [-0.2, -0.15) is 0 Å². The Morgan fingerprint density at radius 3 is 2.55 bits per heavy atom. The van der Waals surface area contributed by atoms with Crippen molar-refractivity contribution in [2.24, 2.45) is 5.41 Å². The molecule has 0 spiro atoms. The molecule has 1 atom stereocenters. The number of benzene rings is 1. The first kappa shape index (κ1) is 13.9. The van der Waals surface area contributed by atoms with Crippen molar-refractivity contribution < 1.29 is 4.79 Å². The van der Waals surface area contributed by atoms with Gasteiger partial charge in [0.05, 0.1) is 5.41 Å². The van der Waals surface area contributed by atoms with E-state index in [0.29, 0.717) is 6.42 Å². The number of amides is 1. The van der Waals surface area contributed by atoms with E-state index in [2.05, 4.69) is 5.32 Å². The zero-order chi connectivity index (χ0) is 14.4. The maximum atomic E-state index is 12.4. The van der Waals surface area contributed by atoms with Crippen molar-refractivity contribution >= 4 is 46.1 Å². The third-order valence-electron chi connectivity index (χ3n) is 3.72. The van der Waals surface area contributed by atoms with Crippen LogP contribution < -0.4 is 5.32 Å². The largest absolute Gasteiger partial charge is 0.325 e. The molecule has 1 saturated carbocycles. The number of thiophene rings is 1. The van der Waals surface area contributed by atoms with Crippen LogP contribution in [0.5, 0.6) is 0 Å². The number of halogens is 2. The highest BCUT2D eigenvalue weighted by Crippen LogP contribution is 2.64. The Bertz CT molecular complexity index is 654. The van der Waals surface area contributed by atoms with Gasteiger partial charge in [-0.1, -0.05) is 24.3 Å². The summed E-state index contributed by atoms with van der Waals surface area (Å²) in [5.41, 5.74) is 1.09. The normalized spacial score (nSPS) is 23.4. The number of para-hydroxylation sites is 1. The second kappa shape index (κ2) is 4.76. The Labute approximate surface area is 131 Å². The molecule has 104 valence electrons. The van der Waals surface area contributed by atoms with E-state index in [-0.39, 0.29) is 5.91 Å². The SMILES string of the molecule is CC1(C(=O)Nc2ccccc2-c2cccs2)CC1(Cl)Cl. The molecule has 20 heavy (non-hydrogen) atoms. The fraction of sp³-hybridized carbons (Fsp3) is 0.267. The molecule has 1 aromatic heterocycles. The van der Waals surface area contributed by atoms with E-state index >= 15 is 0 Å². The average Bonchev–Trinajstić information content (AvgIpc) is 2.82. The smallest absolute Gasteiger partial charge is 0.233 e. The summed E-state index contributed by atoms with van der Waals surface area (Å²) >= 11 is 13.7. The lowest BCUT2D eigenvalue weighted by Crippen LogP contribution is -2.26. The van der Waals surface area contributed by atoms with Crippen LogP contribution in [0.2, 0.25) is 0 Å². The molecule has 0 bridgehead atoms. The summed E-state index contributed by atoms with van der Waals surface area (Å²) in [6.45, 7) is 1.79. The van der Waals surface area contributed by atoms with Gasteiger partial charge in [-0.25, -0.2) is 0 Å². The first-order valence-electron chi connectivity index (χ1n) is 6.26. The number of carbonyl (C=O) groups excluding carboxylic acids is 1. The van der Waals surface area contributed by atoms with Crippen molar-refractivity contribution in [1.82, 2.24) is 0 Å². The second-order valence-corrected chi connectivity index (χ2v) is 7.62. The van der Waals surface area contributed by atoms with Crippen LogP contribution in [-0.2, 0) is 4.79 Å². The van der Waals surface area contributed by atoms with E-state index in [4.69, 9.17) is 23.2 Å². The van der Waals surface area contributed by atoms with Crippen LogP contribution in [0.25, 0.3) is 10.4 Å². The van der Waals surface area contributed by atoms with Crippen LogP contribution in [0.15, 0.2) is 41.8 Å². The summed E-state index contributed by atoms with van der Waals surface area (Å²) in [5.74, 6) is -0.133. The molecule has 5 heteroatoms. The average molecular weight is 326 g/mol. The highest BCUT2D eigenvalue weighted by molar-refractivity contribution is 7.13. The van der Waals surface area contributed by atoms with Crippen LogP contribution in [-0.4, -0.2) is 10.2 Å². The molecular weight excluding hydrogens is 313 g/mol. The minimum absolute atomic E-state index is 0.133. The first-order valence-corrected chi connectivity index (χ1v) is 7.90. The van der Waals surface area contributed by atoms with Crippen LogP contribution in [0.4, 0.5) is 5.69 Å². The lowest BCUT2D eigenvalue weighted by molar-refractivity contribution is -0.120. The van der Waals surface area contributed by atoms with Crippen LogP contribution in [0, 0.1) is 5.41 Å². The monoisotopic (exact) mass is 325 g/mol. The van der Waals surface area contributed by atoms with Gasteiger partial charge in [0, 0.05) is 16.1 Å². The van der Waals surface area contributed by atoms with Crippen molar-refractivity contribution in [2.45, 2.75) is 17.7 Å². The summed E-state index contributed by atoms with van der Waals surface area (Å²) in [6.07, 6.45) is 0.482. The first-order chi connectivity index (χ1) is 9.44. The third-order valence-corrected chi connectivity index (χ3v) is 5.73. The van der Waals surface area contributed by atoms with Gasteiger partial charge in [0.25, 0.3) is 0 Å². The number of alkyl halides is 2. The lowest BCUT2D eigenvalue weighted by Gasteiger charge is -2.15. The van der Waals surface area contributed by atoms with Gasteiger partial charge in [-0.15, -0.1) is 34.5 Å². The molecule has 0 radical (unpaired) electrons. The van der Waals surface area contributed by atoms with Crippen LogP contribution in [0.3, 0.4) is 0 Å². The fourth-order valence-corrected chi connectivity index (χ4v) is 3.62. The van der Waals surface area contributed by atoms with Gasteiger partial charge in [-0.3, -0.25) is 4.79 Å². The maximum Gasteiger partial charge on any atom is 0.233 e. The molecule has 1 amide bonds. The number of rotatable bonds is 3. The Kier molecular flexibility index (Phi) is 3.32. The molecular formula is C15H13Cl2NOS. The van der Waals surface area contributed by atoms with Crippen molar-refractivity contribution in [3.05, 3.63) is 41.8 Å². The molecule has 1 aliphatic rings. The molecule has 2 aromatic rings. The van der Waals surface area contributed by atoms with Crippen molar-refractivity contribution in [3.8, 4) is 10.4 Å². The minimum atomic E-state index is -0.949. The molecule has 2 nitrogen and oxygen atoms in total. The Morgan fingerprint density at radius 1 is 1.25 bits per heavy atom. The quantitative estimate of drug-likeness (QED) is 0.796. The molecule has 1 fully saturated rings. The van der Waals surface area contributed by atoms with Crippen LogP contribution in [0.1, 0.15) is 13.3 Å². The molecule has 1 N–H and O–H groups in total. The summed E-state index contributed by atoms with van der Waals surface area (Å²) in [5, 5.41) is 4.97.